The van der Waals surface area contributed by atoms with Gasteiger partial charge < -0.3 is 19.7 Å². The van der Waals surface area contributed by atoms with Crippen LogP contribution in [0, 0.1) is 0 Å². The van der Waals surface area contributed by atoms with Gasteiger partial charge in [0.15, 0.2) is 5.96 Å². The van der Waals surface area contributed by atoms with Crippen molar-refractivity contribution in [1.82, 2.24) is 24.8 Å². The van der Waals surface area contributed by atoms with Gasteiger partial charge in [-0.3, -0.25) is 0 Å². The van der Waals surface area contributed by atoms with E-state index >= 15 is 0 Å². The number of piperazine rings is 1. The van der Waals surface area contributed by atoms with Crippen LogP contribution in [0.25, 0.3) is 5.69 Å². The SMILES string of the molecule is CCNC(=NCc1ccccc1-n1ccnc1)N1CCN(c2ccccn2)CC1. The lowest BCUT2D eigenvalue weighted by molar-refractivity contribution is 0.371. The van der Waals surface area contributed by atoms with E-state index in [1.165, 1.54) is 5.56 Å². The molecule has 0 spiro atoms. The Morgan fingerprint density at radius 2 is 1.86 bits per heavy atom. The third-order valence-electron chi connectivity index (χ3n) is 5.06. The number of aliphatic imine (C=N–C) groups is 1. The molecule has 7 heteroatoms. The van der Waals surface area contributed by atoms with Crippen LogP contribution < -0.4 is 10.2 Å². The van der Waals surface area contributed by atoms with Crippen molar-refractivity contribution in [2.75, 3.05) is 37.6 Å². The normalized spacial score (nSPS) is 14.9. The van der Waals surface area contributed by atoms with Crippen LogP contribution in [0.4, 0.5) is 5.82 Å². The van der Waals surface area contributed by atoms with Gasteiger partial charge in [-0.25, -0.2) is 15.0 Å². The van der Waals surface area contributed by atoms with Gasteiger partial charge in [0, 0.05) is 51.3 Å². The van der Waals surface area contributed by atoms with Crippen molar-refractivity contribution in [3.63, 3.8) is 0 Å². The quantitative estimate of drug-likeness (QED) is 0.537. The molecular weight excluding hydrogens is 362 g/mol. The molecule has 0 atom stereocenters. The minimum Gasteiger partial charge on any atom is -0.357 e. The molecule has 1 saturated heterocycles. The summed E-state index contributed by atoms with van der Waals surface area (Å²) < 4.78 is 2.03. The molecule has 4 rings (SSSR count). The van der Waals surface area contributed by atoms with Crippen molar-refractivity contribution in [3.8, 4) is 5.69 Å². The van der Waals surface area contributed by atoms with Crippen molar-refractivity contribution >= 4 is 11.8 Å². The molecule has 0 saturated carbocycles. The zero-order chi connectivity index (χ0) is 19.9. The van der Waals surface area contributed by atoms with Gasteiger partial charge in [0.1, 0.15) is 5.82 Å². The second-order valence-corrected chi connectivity index (χ2v) is 6.93. The van der Waals surface area contributed by atoms with Crippen LogP contribution in [0.3, 0.4) is 0 Å². The molecule has 7 nitrogen and oxygen atoms in total. The first kappa shape index (κ1) is 19.0. The van der Waals surface area contributed by atoms with Crippen molar-refractivity contribution in [1.29, 1.82) is 0 Å². The van der Waals surface area contributed by atoms with Gasteiger partial charge in [-0.1, -0.05) is 24.3 Å². The fourth-order valence-corrected chi connectivity index (χ4v) is 3.57. The topological polar surface area (TPSA) is 61.6 Å². The fraction of sp³-hybridized carbons (Fsp3) is 0.318. The number of rotatable bonds is 5. The number of hydrogen-bond acceptors (Lipinski definition) is 4. The maximum absolute atomic E-state index is 4.94. The van der Waals surface area contributed by atoms with Gasteiger partial charge >= 0.3 is 0 Å². The molecule has 1 N–H and O–H groups in total. The van der Waals surface area contributed by atoms with Crippen molar-refractivity contribution in [2.45, 2.75) is 13.5 Å². The zero-order valence-corrected chi connectivity index (χ0v) is 16.8. The van der Waals surface area contributed by atoms with E-state index in [2.05, 4.69) is 56.3 Å². The predicted octanol–water partition coefficient (Wildman–Crippen LogP) is 2.56. The summed E-state index contributed by atoms with van der Waals surface area (Å²) in [6.07, 6.45) is 7.44. The highest BCUT2D eigenvalue weighted by atomic mass is 15.4. The van der Waals surface area contributed by atoms with E-state index < -0.39 is 0 Å². The number of nitrogens with zero attached hydrogens (tertiary/aromatic N) is 6. The molecule has 150 valence electrons. The van der Waals surface area contributed by atoms with Gasteiger partial charge in [-0.15, -0.1) is 0 Å². The van der Waals surface area contributed by atoms with E-state index in [9.17, 15) is 0 Å². The van der Waals surface area contributed by atoms with Crippen LogP contribution in [0.2, 0.25) is 0 Å². The Labute approximate surface area is 171 Å². The van der Waals surface area contributed by atoms with Crippen molar-refractivity contribution < 1.29 is 0 Å². The lowest BCUT2D eigenvalue weighted by Gasteiger charge is -2.37. The van der Waals surface area contributed by atoms with Crippen LogP contribution in [0.5, 0.6) is 0 Å². The van der Waals surface area contributed by atoms with E-state index in [0.29, 0.717) is 6.54 Å². The number of pyridine rings is 1. The molecule has 0 radical (unpaired) electrons. The number of anilines is 1. The van der Waals surface area contributed by atoms with Crippen LogP contribution in [-0.4, -0.2) is 58.1 Å². The molecule has 3 heterocycles. The van der Waals surface area contributed by atoms with Crippen LogP contribution >= 0.6 is 0 Å². The summed E-state index contributed by atoms with van der Waals surface area (Å²) in [7, 11) is 0. The third-order valence-corrected chi connectivity index (χ3v) is 5.06. The largest absolute Gasteiger partial charge is 0.357 e. The van der Waals surface area contributed by atoms with E-state index in [4.69, 9.17) is 4.99 Å². The Kier molecular flexibility index (Phi) is 6.04. The number of hydrogen-bond donors (Lipinski definition) is 1. The van der Waals surface area contributed by atoms with Gasteiger partial charge in [0.05, 0.1) is 18.6 Å². The Balaban J connectivity index is 1.46. The molecule has 0 aliphatic carbocycles. The molecule has 0 amide bonds. The van der Waals surface area contributed by atoms with E-state index in [-0.39, 0.29) is 0 Å². The first-order chi connectivity index (χ1) is 14.3. The second-order valence-electron chi connectivity index (χ2n) is 6.93. The smallest absolute Gasteiger partial charge is 0.194 e. The van der Waals surface area contributed by atoms with Gasteiger partial charge in [0.25, 0.3) is 0 Å². The van der Waals surface area contributed by atoms with E-state index in [0.717, 1.165) is 50.2 Å². The summed E-state index contributed by atoms with van der Waals surface area (Å²) in [6.45, 7) is 7.30. The molecule has 1 aliphatic rings. The first-order valence-corrected chi connectivity index (χ1v) is 10.1. The van der Waals surface area contributed by atoms with Crippen LogP contribution in [0.15, 0.2) is 72.4 Å². The van der Waals surface area contributed by atoms with Gasteiger partial charge in [-0.2, -0.15) is 0 Å². The van der Waals surface area contributed by atoms with E-state index in [1.807, 2.05) is 41.5 Å². The van der Waals surface area contributed by atoms with Crippen molar-refractivity contribution in [2.24, 2.45) is 4.99 Å². The molecule has 29 heavy (non-hydrogen) atoms. The number of aromatic nitrogens is 3. The Hall–Kier alpha value is -3.35. The van der Waals surface area contributed by atoms with Crippen LogP contribution in [0.1, 0.15) is 12.5 Å². The lowest BCUT2D eigenvalue weighted by atomic mass is 10.2. The number of benzene rings is 1. The molecule has 1 aliphatic heterocycles. The van der Waals surface area contributed by atoms with Gasteiger partial charge in [-0.05, 0) is 30.7 Å². The van der Waals surface area contributed by atoms with Crippen LogP contribution in [-0.2, 0) is 6.54 Å². The maximum atomic E-state index is 4.94. The summed E-state index contributed by atoms with van der Waals surface area (Å²) in [6, 6.07) is 14.4. The molecule has 2 aromatic heterocycles. The average Bonchev–Trinajstić information content (AvgIpc) is 3.32. The molecule has 0 bridgehead atoms. The Morgan fingerprint density at radius 1 is 1.03 bits per heavy atom. The molecule has 3 aromatic rings. The third kappa shape index (κ3) is 4.56. The summed E-state index contributed by atoms with van der Waals surface area (Å²) in [5.41, 5.74) is 2.29. The summed E-state index contributed by atoms with van der Waals surface area (Å²) in [5, 5.41) is 3.45. The predicted molar refractivity (Wildman–Crippen MR) is 116 cm³/mol. The van der Waals surface area contributed by atoms with E-state index in [1.54, 1.807) is 6.20 Å². The fourth-order valence-electron chi connectivity index (χ4n) is 3.57. The van der Waals surface area contributed by atoms with Crippen molar-refractivity contribution in [3.05, 3.63) is 72.9 Å². The standard InChI is InChI=1S/C22H27N7/c1-2-24-22(28-15-13-27(14-16-28)21-9-5-6-10-25-21)26-17-19-7-3-4-8-20(19)29-12-11-23-18-29/h3-12,18H,2,13-17H2,1H3,(H,24,26). The molecule has 0 unspecified atom stereocenters. The average molecular weight is 390 g/mol. The monoisotopic (exact) mass is 389 g/mol. The maximum Gasteiger partial charge on any atom is 0.194 e. The minimum absolute atomic E-state index is 0.622. The molecule has 1 fully saturated rings. The first-order valence-electron chi connectivity index (χ1n) is 10.1. The lowest BCUT2D eigenvalue weighted by Crippen LogP contribution is -2.52. The summed E-state index contributed by atoms with van der Waals surface area (Å²) in [5.74, 6) is 2.01. The zero-order valence-electron chi connectivity index (χ0n) is 16.8. The Morgan fingerprint density at radius 3 is 2.59 bits per heavy atom. The number of para-hydroxylation sites is 1. The second kappa shape index (κ2) is 9.23. The van der Waals surface area contributed by atoms with Gasteiger partial charge in [0.2, 0.25) is 0 Å². The Bertz CT molecular complexity index is 913. The number of guanidine groups is 1. The number of imidazole rings is 1. The number of nitrogens with one attached hydrogen (secondary N) is 1. The highest BCUT2D eigenvalue weighted by molar-refractivity contribution is 5.80. The highest BCUT2D eigenvalue weighted by Gasteiger charge is 2.20. The molecular formula is C22H27N7. The molecule has 1 aromatic carbocycles. The minimum atomic E-state index is 0.622. The summed E-state index contributed by atoms with van der Waals surface area (Å²) >= 11 is 0. The summed E-state index contributed by atoms with van der Waals surface area (Å²) in [4.78, 5) is 18.2. The highest BCUT2D eigenvalue weighted by Crippen LogP contribution is 2.16.